The Morgan fingerprint density at radius 2 is 1.60 bits per heavy atom. The number of hydrogen-bond acceptors (Lipinski definition) is 7. The smallest absolute Gasteiger partial charge is 0.125 e. The van der Waals surface area contributed by atoms with E-state index in [0.717, 1.165) is 5.69 Å². The topological polar surface area (TPSA) is 99.3 Å². The highest BCUT2D eigenvalue weighted by Crippen LogP contribution is 2.19. The van der Waals surface area contributed by atoms with E-state index in [4.69, 9.17) is 10.8 Å². The molecule has 0 aromatic carbocycles. The van der Waals surface area contributed by atoms with E-state index in [1.165, 1.54) is 11.8 Å². The van der Waals surface area contributed by atoms with Crippen LogP contribution in [0.2, 0.25) is 0 Å². The maximum Gasteiger partial charge on any atom is 0.125 e. The molecule has 0 bridgehead atoms. The molecule has 0 saturated heterocycles. The van der Waals surface area contributed by atoms with E-state index in [9.17, 15) is 0 Å². The summed E-state index contributed by atoms with van der Waals surface area (Å²) in [5.74, 6) is 0. The van der Waals surface area contributed by atoms with Crippen molar-refractivity contribution in [1.82, 2.24) is 20.2 Å². The lowest BCUT2D eigenvalue weighted by atomic mass is 10.2. The monoisotopic (exact) mass is 346 g/mol. The molecule has 0 spiro atoms. The number of allylic oxidation sites excluding steroid dienone is 1. The van der Waals surface area contributed by atoms with Gasteiger partial charge < -0.3 is 0 Å². The maximum absolute atomic E-state index is 7.98. The van der Waals surface area contributed by atoms with Gasteiger partial charge in [-0.3, -0.25) is 20.8 Å². The van der Waals surface area contributed by atoms with Gasteiger partial charge in [-0.1, -0.05) is 12.1 Å². The van der Waals surface area contributed by atoms with Gasteiger partial charge in [0.1, 0.15) is 10.7 Å². The fourth-order valence-electron chi connectivity index (χ4n) is 1.94. The van der Waals surface area contributed by atoms with Crippen molar-refractivity contribution >= 4 is 22.5 Å². The van der Waals surface area contributed by atoms with Gasteiger partial charge in [-0.15, -0.1) is 10.2 Å². The first-order valence-corrected chi connectivity index (χ1v) is 8.23. The summed E-state index contributed by atoms with van der Waals surface area (Å²) in [6.07, 6.45) is 6.44. The van der Waals surface area contributed by atoms with Crippen molar-refractivity contribution in [2.75, 3.05) is 0 Å². The molecular weight excluding hydrogens is 332 g/mol. The summed E-state index contributed by atoms with van der Waals surface area (Å²) in [7, 11) is 0. The minimum atomic E-state index is 0.252. The van der Waals surface area contributed by atoms with E-state index in [1.54, 1.807) is 42.7 Å². The summed E-state index contributed by atoms with van der Waals surface area (Å²) in [4.78, 5) is 8.32. The van der Waals surface area contributed by atoms with Crippen LogP contribution in [0.1, 0.15) is 5.69 Å². The second-order valence-electron chi connectivity index (χ2n) is 4.90. The number of rotatable bonds is 5. The molecule has 2 N–H and O–H groups in total. The lowest BCUT2D eigenvalue weighted by Crippen LogP contribution is -1.98. The lowest BCUT2D eigenvalue weighted by molar-refractivity contribution is 0.934. The predicted octanol–water partition coefficient (Wildman–Crippen LogP) is 3.63. The summed E-state index contributed by atoms with van der Waals surface area (Å²) in [6, 6.07) is 14.6. The maximum atomic E-state index is 7.98. The van der Waals surface area contributed by atoms with Crippen molar-refractivity contribution in [3.8, 4) is 11.4 Å². The minimum absolute atomic E-state index is 0.252. The van der Waals surface area contributed by atoms with E-state index in [2.05, 4.69) is 20.2 Å². The van der Waals surface area contributed by atoms with Crippen LogP contribution in [0, 0.1) is 10.8 Å². The molecule has 0 aliphatic carbocycles. The quantitative estimate of drug-likeness (QED) is 0.417. The Balaban J connectivity index is 1.61. The normalized spacial score (nSPS) is 10.7. The van der Waals surface area contributed by atoms with Crippen molar-refractivity contribution < 1.29 is 0 Å². The molecule has 0 aliphatic heterocycles. The lowest BCUT2D eigenvalue weighted by Gasteiger charge is -2.01. The van der Waals surface area contributed by atoms with Crippen LogP contribution in [0.3, 0.4) is 0 Å². The summed E-state index contributed by atoms with van der Waals surface area (Å²) < 4.78 is 0. The van der Waals surface area contributed by atoms with Crippen LogP contribution in [0.4, 0.5) is 0 Å². The van der Waals surface area contributed by atoms with Crippen molar-refractivity contribution in [2.45, 2.75) is 5.03 Å². The van der Waals surface area contributed by atoms with Crippen LogP contribution < -0.4 is 0 Å². The molecule has 0 fully saturated rings. The first-order valence-electron chi connectivity index (χ1n) is 7.42. The summed E-state index contributed by atoms with van der Waals surface area (Å²) >= 11 is 1.17. The molecule has 7 heteroatoms. The number of hydrogen-bond donors (Lipinski definition) is 2. The van der Waals surface area contributed by atoms with Gasteiger partial charge in [0.2, 0.25) is 0 Å². The van der Waals surface area contributed by atoms with Crippen molar-refractivity contribution in [3.63, 3.8) is 0 Å². The van der Waals surface area contributed by atoms with Crippen LogP contribution in [0.25, 0.3) is 11.4 Å². The van der Waals surface area contributed by atoms with Gasteiger partial charge in [-0.25, -0.2) is 0 Å². The molecule has 0 aliphatic rings. The van der Waals surface area contributed by atoms with E-state index >= 15 is 0 Å². The Hall–Kier alpha value is -3.19. The number of pyridine rings is 2. The summed E-state index contributed by atoms with van der Waals surface area (Å²) in [5, 5.41) is 25.0. The Bertz CT molecular complexity index is 892. The van der Waals surface area contributed by atoms with Crippen LogP contribution in [-0.2, 0) is 0 Å². The second-order valence-corrected chi connectivity index (χ2v) is 5.96. The van der Waals surface area contributed by atoms with E-state index in [0.29, 0.717) is 16.4 Å². The average molecular weight is 346 g/mol. The Morgan fingerprint density at radius 3 is 2.24 bits per heavy atom. The van der Waals surface area contributed by atoms with Gasteiger partial charge in [0.25, 0.3) is 0 Å². The predicted molar refractivity (Wildman–Crippen MR) is 99.1 cm³/mol. The first kappa shape index (κ1) is 16.7. The van der Waals surface area contributed by atoms with Gasteiger partial charge in [-0.05, 0) is 60.3 Å². The van der Waals surface area contributed by atoms with Gasteiger partial charge in [0, 0.05) is 12.4 Å². The van der Waals surface area contributed by atoms with Gasteiger partial charge >= 0.3 is 0 Å². The van der Waals surface area contributed by atoms with Gasteiger partial charge in [-0.2, -0.15) is 0 Å². The Kier molecular flexibility index (Phi) is 5.38. The highest BCUT2D eigenvalue weighted by atomic mass is 32.2. The fourth-order valence-corrected chi connectivity index (χ4v) is 2.52. The molecule has 122 valence electrons. The molecule has 0 amide bonds. The Labute approximate surface area is 149 Å². The second kappa shape index (κ2) is 8.07. The van der Waals surface area contributed by atoms with Crippen LogP contribution >= 0.6 is 11.8 Å². The van der Waals surface area contributed by atoms with E-state index in [1.807, 2.05) is 30.3 Å². The molecular formula is C18H14N6S. The van der Waals surface area contributed by atoms with Gasteiger partial charge in [0.05, 0.1) is 22.1 Å². The molecule has 3 heterocycles. The zero-order valence-corrected chi connectivity index (χ0v) is 13.9. The Morgan fingerprint density at radius 1 is 0.800 bits per heavy atom. The molecule has 6 nitrogen and oxygen atoms in total. The van der Waals surface area contributed by atoms with Crippen molar-refractivity contribution in [2.24, 2.45) is 0 Å². The standard InChI is InChI=1S/C18H14N6S/c19-13(14-5-1-3-11-21-14)7-9-17(20)25-18-10-8-16(23-24-18)15-6-2-4-12-22-15/h1-12,19-20H/b9-7-,19-13?,20-17?. The third kappa shape index (κ3) is 4.65. The first-order chi connectivity index (χ1) is 12.2. The van der Waals surface area contributed by atoms with E-state index < -0.39 is 0 Å². The van der Waals surface area contributed by atoms with Crippen molar-refractivity contribution in [3.05, 3.63) is 78.8 Å². The zero-order chi connectivity index (χ0) is 17.5. The average Bonchev–Trinajstić information content (AvgIpc) is 2.68. The molecule has 3 aromatic rings. The molecule has 0 atom stereocenters. The molecule has 3 aromatic heterocycles. The molecule has 0 radical (unpaired) electrons. The molecule has 0 unspecified atom stereocenters. The highest BCUT2D eigenvalue weighted by Gasteiger charge is 2.04. The van der Waals surface area contributed by atoms with E-state index in [-0.39, 0.29) is 10.8 Å². The third-order valence-electron chi connectivity index (χ3n) is 3.12. The number of nitrogens with zero attached hydrogens (tertiary/aromatic N) is 4. The highest BCUT2D eigenvalue weighted by molar-refractivity contribution is 8.14. The minimum Gasteiger partial charge on any atom is -0.299 e. The fraction of sp³-hybridized carbons (Fsp3) is 0. The molecule has 25 heavy (non-hydrogen) atoms. The number of aromatic nitrogens is 4. The number of nitrogens with one attached hydrogen (secondary N) is 2. The summed E-state index contributed by atoms with van der Waals surface area (Å²) in [6.45, 7) is 0. The SMILES string of the molecule is N=C(/C=C\C(=N)c1ccccn1)Sc1ccc(-c2ccccn2)nn1. The third-order valence-corrected chi connectivity index (χ3v) is 3.91. The van der Waals surface area contributed by atoms with Crippen LogP contribution in [0.5, 0.6) is 0 Å². The zero-order valence-electron chi connectivity index (χ0n) is 13.1. The van der Waals surface area contributed by atoms with Crippen molar-refractivity contribution in [1.29, 1.82) is 10.8 Å². The van der Waals surface area contributed by atoms with Gasteiger partial charge in [0.15, 0.2) is 0 Å². The summed E-state index contributed by atoms with van der Waals surface area (Å²) in [5.41, 5.74) is 2.26. The largest absolute Gasteiger partial charge is 0.299 e. The number of thioether (sulfide) groups is 1. The molecule has 3 rings (SSSR count). The molecule has 0 saturated carbocycles. The van der Waals surface area contributed by atoms with Crippen LogP contribution in [-0.4, -0.2) is 30.9 Å². The van der Waals surface area contributed by atoms with Crippen LogP contribution in [0.15, 0.2) is 78.1 Å².